The number of rotatable bonds is 2. The van der Waals surface area contributed by atoms with E-state index in [9.17, 15) is 9.18 Å². The summed E-state index contributed by atoms with van der Waals surface area (Å²) >= 11 is 0. The summed E-state index contributed by atoms with van der Waals surface area (Å²) < 4.78 is 17.5. The van der Waals surface area contributed by atoms with Crippen LogP contribution in [0.2, 0.25) is 0 Å². The number of hydrogen-bond acceptors (Lipinski definition) is 3. The number of hydrogen-bond donors (Lipinski definition) is 1. The van der Waals surface area contributed by atoms with E-state index in [1.165, 1.54) is 7.11 Å². The van der Waals surface area contributed by atoms with Gasteiger partial charge in [-0.15, -0.1) is 0 Å². The van der Waals surface area contributed by atoms with Gasteiger partial charge in [0.25, 0.3) is 0 Å². The molecule has 1 fully saturated rings. The lowest BCUT2D eigenvalue weighted by molar-refractivity contribution is -0.144. The Balaban J connectivity index is 2.76. The standard InChI is InChI=1S/C7H10FNO2/c1-3-6(8)4-7(6,9)5(10)11-2/h3H,1,4,9H2,2H3/t6-,7?/m0/s1. The fraction of sp³-hybridized carbons (Fsp3) is 0.571. The molecule has 0 aromatic heterocycles. The molecule has 1 unspecified atom stereocenters. The minimum absolute atomic E-state index is 0.0316. The van der Waals surface area contributed by atoms with E-state index in [4.69, 9.17) is 5.73 Å². The van der Waals surface area contributed by atoms with E-state index in [0.717, 1.165) is 6.08 Å². The number of esters is 1. The summed E-state index contributed by atoms with van der Waals surface area (Å²) in [7, 11) is 1.18. The Morgan fingerprint density at radius 3 is 2.73 bits per heavy atom. The second kappa shape index (κ2) is 2.04. The van der Waals surface area contributed by atoms with Crippen LogP contribution < -0.4 is 5.73 Å². The van der Waals surface area contributed by atoms with Gasteiger partial charge in [-0.05, 0) is 0 Å². The van der Waals surface area contributed by atoms with Gasteiger partial charge in [-0.25, -0.2) is 9.18 Å². The van der Waals surface area contributed by atoms with Crippen LogP contribution in [0.25, 0.3) is 0 Å². The van der Waals surface area contributed by atoms with E-state index >= 15 is 0 Å². The van der Waals surface area contributed by atoms with E-state index in [1.54, 1.807) is 0 Å². The van der Waals surface area contributed by atoms with Crippen molar-refractivity contribution in [2.75, 3.05) is 7.11 Å². The lowest BCUT2D eigenvalue weighted by atomic mass is 10.2. The molecule has 0 bridgehead atoms. The Kier molecular flexibility index (Phi) is 1.52. The Bertz CT molecular complexity index is 218. The highest BCUT2D eigenvalue weighted by Gasteiger charge is 2.71. The van der Waals surface area contributed by atoms with Gasteiger partial charge < -0.3 is 10.5 Å². The zero-order valence-corrected chi connectivity index (χ0v) is 6.26. The highest BCUT2D eigenvalue weighted by atomic mass is 19.1. The Morgan fingerprint density at radius 1 is 1.91 bits per heavy atom. The monoisotopic (exact) mass is 159 g/mol. The average molecular weight is 159 g/mol. The van der Waals surface area contributed by atoms with Gasteiger partial charge in [0, 0.05) is 6.42 Å². The van der Waals surface area contributed by atoms with E-state index in [-0.39, 0.29) is 6.42 Å². The summed E-state index contributed by atoms with van der Waals surface area (Å²) in [6.45, 7) is 3.24. The molecular formula is C7H10FNO2. The lowest BCUT2D eigenvalue weighted by Crippen LogP contribution is -2.40. The Morgan fingerprint density at radius 2 is 2.45 bits per heavy atom. The topological polar surface area (TPSA) is 52.3 Å². The molecule has 0 spiro atoms. The molecule has 0 saturated heterocycles. The quantitative estimate of drug-likeness (QED) is 0.461. The SMILES string of the molecule is C=C[C@]1(F)CC1(N)C(=O)OC. The molecule has 2 N–H and O–H groups in total. The molecular weight excluding hydrogens is 149 g/mol. The van der Waals surface area contributed by atoms with Gasteiger partial charge in [-0.3, -0.25) is 0 Å². The third-order valence-corrected chi connectivity index (χ3v) is 2.03. The van der Waals surface area contributed by atoms with Gasteiger partial charge in [0.05, 0.1) is 7.11 Å². The van der Waals surface area contributed by atoms with Crippen molar-refractivity contribution in [1.29, 1.82) is 0 Å². The third-order valence-electron chi connectivity index (χ3n) is 2.03. The fourth-order valence-electron chi connectivity index (χ4n) is 1.04. The molecule has 4 heteroatoms. The molecule has 0 radical (unpaired) electrons. The van der Waals surface area contributed by atoms with Crippen molar-refractivity contribution < 1.29 is 13.9 Å². The van der Waals surface area contributed by atoms with Crippen LogP contribution in [0.3, 0.4) is 0 Å². The zero-order chi connectivity index (χ0) is 8.70. The first-order valence-corrected chi connectivity index (χ1v) is 3.20. The predicted molar refractivity (Wildman–Crippen MR) is 37.6 cm³/mol. The largest absolute Gasteiger partial charge is 0.468 e. The molecule has 0 amide bonds. The highest BCUT2D eigenvalue weighted by molar-refractivity contribution is 5.88. The van der Waals surface area contributed by atoms with Gasteiger partial charge in [0.2, 0.25) is 0 Å². The van der Waals surface area contributed by atoms with Crippen molar-refractivity contribution >= 4 is 5.97 Å². The summed E-state index contributed by atoms with van der Waals surface area (Å²) in [5, 5.41) is 0. The summed E-state index contributed by atoms with van der Waals surface area (Å²) in [6, 6.07) is 0. The second-order valence-corrected chi connectivity index (χ2v) is 2.71. The minimum atomic E-state index is -1.76. The number of nitrogens with two attached hydrogens (primary N) is 1. The lowest BCUT2D eigenvalue weighted by Gasteiger charge is -2.08. The molecule has 0 aliphatic heterocycles. The van der Waals surface area contributed by atoms with Crippen molar-refractivity contribution in [3.8, 4) is 0 Å². The van der Waals surface area contributed by atoms with Crippen molar-refractivity contribution in [2.24, 2.45) is 5.73 Å². The van der Waals surface area contributed by atoms with Crippen LogP contribution in [0.15, 0.2) is 12.7 Å². The molecule has 3 nitrogen and oxygen atoms in total. The number of alkyl halides is 1. The number of carbonyl (C=O) groups is 1. The van der Waals surface area contributed by atoms with Gasteiger partial charge in [-0.2, -0.15) is 0 Å². The Labute approximate surface area is 64.0 Å². The van der Waals surface area contributed by atoms with Crippen molar-refractivity contribution in [2.45, 2.75) is 17.6 Å². The number of carbonyl (C=O) groups excluding carboxylic acids is 1. The first-order valence-electron chi connectivity index (χ1n) is 3.20. The van der Waals surface area contributed by atoms with Gasteiger partial charge >= 0.3 is 5.97 Å². The van der Waals surface area contributed by atoms with E-state index in [0.29, 0.717) is 0 Å². The van der Waals surface area contributed by atoms with Crippen molar-refractivity contribution in [3.63, 3.8) is 0 Å². The molecule has 1 saturated carbocycles. The van der Waals surface area contributed by atoms with Crippen molar-refractivity contribution in [1.82, 2.24) is 0 Å². The van der Waals surface area contributed by atoms with Crippen LogP contribution in [0.4, 0.5) is 4.39 Å². The summed E-state index contributed by atoms with van der Waals surface area (Å²) in [6.07, 6.45) is 1.01. The maximum absolute atomic E-state index is 13.2. The highest BCUT2D eigenvalue weighted by Crippen LogP contribution is 2.50. The van der Waals surface area contributed by atoms with Crippen LogP contribution in [0, 0.1) is 0 Å². The molecule has 0 heterocycles. The molecule has 1 aliphatic rings. The molecule has 0 aromatic rings. The third kappa shape index (κ3) is 0.860. The number of ether oxygens (including phenoxy) is 1. The first kappa shape index (κ1) is 8.20. The Hall–Kier alpha value is -0.900. The van der Waals surface area contributed by atoms with Gasteiger partial charge in [0.15, 0.2) is 11.2 Å². The molecule has 1 aliphatic carbocycles. The van der Waals surface area contributed by atoms with E-state index in [2.05, 4.69) is 11.3 Å². The normalized spacial score (nSPS) is 41.4. The van der Waals surface area contributed by atoms with Crippen molar-refractivity contribution in [3.05, 3.63) is 12.7 Å². The van der Waals surface area contributed by atoms with Crippen LogP contribution in [0.1, 0.15) is 6.42 Å². The second-order valence-electron chi connectivity index (χ2n) is 2.71. The maximum atomic E-state index is 13.2. The number of halogens is 1. The summed E-state index contributed by atoms with van der Waals surface area (Å²) in [5.41, 5.74) is 2.12. The van der Waals surface area contributed by atoms with Crippen LogP contribution >= 0.6 is 0 Å². The van der Waals surface area contributed by atoms with Crippen LogP contribution in [0.5, 0.6) is 0 Å². The molecule has 11 heavy (non-hydrogen) atoms. The molecule has 2 atom stereocenters. The van der Waals surface area contributed by atoms with Gasteiger partial charge in [-0.1, -0.05) is 12.7 Å². The molecule has 1 rings (SSSR count). The minimum Gasteiger partial charge on any atom is -0.468 e. The zero-order valence-electron chi connectivity index (χ0n) is 6.26. The predicted octanol–water partition coefficient (Wildman–Crippen LogP) is 0.155. The molecule has 62 valence electrons. The summed E-state index contributed by atoms with van der Waals surface area (Å²) in [4.78, 5) is 10.8. The fourth-order valence-corrected chi connectivity index (χ4v) is 1.04. The van der Waals surface area contributed by atoms with Crippen LogP contribution in [-0.4, -0.2) is 24.3 Å². The van der Waals surface area contributed by atoms with Gasteiger partial charge in [0.1, 0.15) is 0 Å². The average Bonchev–Trinajstić information content (AvgIpc) is 2.56. The maximum Gasteiger partial charge on any atom is 0.329 e. The van der Waals surface area contributed by atoms with E-state index in [1.807, 2.05) is 0 Å². The summed E-state index contributed by atoms with van der Waals surface area (Å²) in [5.74, 6) is -0.722. The first-order chi connectivity index (χ1) is 5.00. The smallest absolute Gasteiger partial charge is 0.329 e. The number of methoxy groups -OCH3 is 1. The van der Waals surface area contributed by atoms with Crippen LogP contribution in [-0.2, 0) is 9.53 Å². The molecule has 0 aromatic carbocycles. The van der Waals surface area contributed by atoms with E-state index < -0.39 is 17.2 Å².